The molecule has 1 aromatic rings. The molecule has 0 bridgehead atoms. The highest BCUT2D eigenvalue weighted by molar-refractivity contribution is 5.18. The van der Waals surface area contributed by atoms with Crippen LogP contribution in [0.4, 0.5) is 0 Å². The Bertz CT molecular complexity index is 231. The highest BCUT2D eigenvalue weighted by Crippen LogP contribution is 1.99. The second-order valence-electron chi connectivity index (χ2n) is 2.35. The lowest BCUT2D eigenvalue weighted by Gasteiger charge is -1.92. The number of rotatable bonds is 3. The molecular weight excluding hydrogens is 132 g/mol. The molecule has 0 N–H and O–H groups in total. The van der Waals surface area contributed by atoms with Crippen LogP contribution in [0.2, 0.25) is 0 Å². The maximum absolute atomic E-state index is 3.61. The lowest BCUT2D eigenvalue weighted by Crippen LogP contribution is -1.77. The first kappa shape index (κ1) is 7.80. The molecule has 11 heavy (non-hydrogen) atoms. The topological polar surface area (TPSA) is 0 Å². The summed E-state index contributed by atoms with van der Waals surface area (Å²) in [5.74, 6) is 0. The number of benzene rings is 1. The molecule has 0 radical (unpaired) electrons. The summed E-state index contributed by atoms with van der Waals surface area (Å²) in [7, 11) is 0. The zero-order chi connectivity index (χ0) is 7.94. The highest BCUT2D eigenvalue weighted by atomic mass is 13.9. The van der Waals surface area contributed by atoms with Crippen molar-refractivity contribution in [2.24, 2.45) is 0 Å². The van der Waals surface area contributed by atoms with Gasteiger partial charge in [-0.1, -0.05) is 55.1 Å². The maximum atomic E-state index is 3.61. The van der Waals surface area contributed by atoms with Gasteiger partial charge >= 0.3 is 0 Å². The van der Waals surface area contributed by atoms with Gasteiger partial charge in [0.1, 0.15) is 0 Å². The van der Waals surface area contributed by atoms with Crippen LogP contribution in [0, 0.1) is 0 Å². The fourth-order valence-electron chi connectivity index (χ4n) is 0.914. The minimum Gasteiger partial charge on any atom is -0.0991 e. The summed E-state index contributed by atoms with van der Waals surface area (Å²) in [4.78, 5) is 0. The van der Waals surface area contributed by atoms with Gasteiger partial charge in [-0.25, -0.2) is 0 Å². The summed E-state index contributed by atoms with van der Waals surface area (Å²) in [5.41, 5.74) is 1.34. The van der Waals surface area contributed by atoms with Gasteiger partial charge in [-0.3, -0.25) is 0 Å². The van der Waals surface area contributed by atoms with Crippen molar-refractivity contribution in [2.75, 3.05) is 0 Å². The number of hydrogen-bond donors (Lipinski definition) is 0. The fourth-order valence-corrected chi connectivity index (χ4v) is 0.914. The Morgan fingerprint density at radius 2 is 1.91 bits per heavy atom. The van der Waals surface area contributed by atoms with E-state index in [-0.39, 0.29) is 0 Å². The van der Waals surface area contributed by atoms with E-state index >= 15 is 0 Å². The van der Waals surface area contributed by atoms with Crippen molar-refractivity contribution in [3.05, 3.63) is 60.7 Å². The van der Waals surface area contributed by atoms with Crippen LogP contribution >= 0.6 is 0 Å². The summed E-state index contributed by atoms with van der Waals surface area (Å²) in [6.07, 6.45) is 6.85. The van der Waals surface area contributed by atoms with Crippen molar-refractivity contribution in [1.29, 1.82) is 0 Å². The molecule has 0 aromatic heterocycles. The van der Waals surface area contributed by atoms with Crippen LogP contribution in [0.5, 0.6) is 0 Å². The van der Waals surface area contributed by atoms with Crippen molar-refractivity contribution in [2.45, 2.75) is 6.42 Å². The predicted molar refractivity (Wildman–Crippen MR) is 49.5 cm³/mol. The quantitative estimate of drug-likeness (QED) is 0.572. The van der Waals surface area contributed by atoms with Gasteiger partial charge in [0.05, 0.1) is 0 Å². The molecule has 0 spiro atoms. The molecule has 56 valence electrons. The van der Waals surface area contributed by atoms with Gasteiger partial charge < -0.3 is 0 Å². The van der Waals surface area contributed by atoms with Gasteiger partial charge in [-0.05, 0) is 12.0 Å². The first-order valence-electron chi connectivity index (χ1n) is 3.75. The summed E-state index contributed by atoms with van der Waals surface area (Å²) in [5, 5.41) is 0. The largest absolute Gasteiger partial charge is 0.0991 e. The van der Waals surface area contributed by atoms with E-state index in [0.717, 1.165) is 6.42 Å². The summed E-state index contributed by atoms with van der Waals surface area (Å²) in [6.45, 7) is 3.61. The SMILES string of the molecule is C=CC=CCc1ccccc1. The van der Waals surface area contributed by atoms with Crippen LogP contribution in [-0.2, 0) is 6.42 Å². The van der Waals surface area contributed by atoms with Crippen LogP contribution in [0.3, 0.4) is 0 Å². The molecule has 0 unspecified atom stereocenters. The first-order chi connectivity index (χ1) is 5.43. The highest BCUT2D eigenvalue weighted by Gasteiger charge is 1.83. The Balaban J connectivity index is 2.51. The summed E-state index contributed by atoms with van der Waals surface area (Å²) >= 11 is 0. The molecule has 0 nitrogen and oxygen atoms in total. The normalized spacial score (nSPS) is 10.2. The predicted octanol–water partition coefficient (Wildman–Crippen LogP) is 2.97. The van der Waals surface area contributed by atoms with Crippen LogP contribution in [0.15, 0.2) is 55.1 Å². The van der Waals surface area contributed by atoms with E-state index in [1.807, 2.05) is 12.1 Å². The van der Waals surface area contributed by atoms with Crippen molar-refractivity contribution in [1.82, 2.24) is 0 Å². The van der Waals surface area contributed by atoms with Gasteiger partial charge in [0.15, 0.2) is 0 Å². The van der Waals surface area contributed by atoms with Crippen molar-refractivity contribution < 1.29 is 0 Å². The van der Waals surface area contributed by atoms with Crippen molar-refractivity contribution in [3.8, 4) is 0 Å². The van der Waals surface area contributed by atoms with Crippen LogP contribution in [-0.4, -0.2) is 0 Å². The second-order valence-corrected chi connectivity index (χ2v) is 2.35. The average Bonchev–Trinajstić information content (AvgIpc) is 2.07. The summed E-state index contributed by atoms with van der Waals surface area (Å²) < 4.78 is 0. The lowest BCUT2D eigenvalue weighted by atomic mass is 10.1. The molecule has 0 aliphatic rings. The average molecular weight is 144 g/mol. The smallest absolute Gasteiger partial charge is 0.00943 e. The molecule has 1 aromatic carbocycles. The number of hydrogen-bond acceptors (Lipinski definition) is 0. The molecule has 0 aliphatic heterocycles. The Hall–Kier alpha value is -1.30. The third-order valence-corrected chi connectivity index (χ3v) is 1.47. The zero-order valence-corrected chi connectivity index (χ0v) is 6.53. The molecule has 0 heteroatoms. The minimum absolute atomic E-state index is 0.993. The Morgan fingerprint density at radius 1 is 1.18 bits per heavy atom. The molecule has 0 saturated carbocycles. The molecule has 0 heterocycles. The van der Waals surface area contributed by atoms with E-state index < -0.39 is 0 Å². The Kier molecular flexibility index (Phi) is 3.20. The zero-order valence-electron chi connectivity index (χ0n) is 6.53. The third-order valence-electron chi connectivity index (χ3n) is 1.47. The van der Waals surface area contributed by atoms with Gasteiger partial charge in [0.2, 0.25) is 0 Å². The van der Waals surface area contributed by atoms with Gasteiger partial charge in [-0.15, -0.1) is 0 Å². The first-order valence-corrected chi connectivity index (χ1v) is 3.75. The monoisotopic (exact) mass is 144 g/mol. The molecule has 1 rings (SSSR count). The van der Waals surface area contributed by atoms with E-state index in [1.54, 1.807) is 6.08 Å². The molecule has 0 saturated heterocycles. The molecular formula is C11H12. The third kappa shape index (κ3) is 2.85. The maximum Gasteiger partial charge on any atom is -0.00943 e. The van der Waals surface area contributed by atoms with E-state index in [0.29, 0.717) is 0 Å². The number of allylic oxidation sites excluding steroid dienone is 3. The minimum atomic E-state index is 0.993. The molecule has 0 fully saturated rings. The van der Waals surface area contributed by atoms with Crippen LogP contribution < -0.4 is 0 Å². The van der Waals surface area contributed by atoms with Crippen LogP contribution in [0.1, 0.15) is 5.56 Å². The van der Waals surface area contributed by atoms with E-state index in [1.165, 1.54) is 5.56 Å². The standard InChI is InChI=1S/C11H12/c1-2-3-5-8-11-9-6-4-7-10-11/h2-7,9-10H,1,8H2. The van der Waals surface area contributed by atoms with E-state index in [2.05, 4.69) is 36.9 Å². The van der Waals surface area contributed by atoms with Gasteiger partial charge in [0, 0.05) is 0 Å². The lowest BCUT2D eigenvalue weighted by molar-refractivity contribution is 1.27. The van der Waals surface area contributed by atoms with E-state index in [4.69, 9.17) is 0 Å². The molecule has 0 amide bonds. The van der Waals surface area contributed by atoms with Crippen molar-refractivity contribution in [3.63, 3.8) is 0 Å². The molecule has 0 aliphatic carbocycles. The second kappa shape index (κ2) is 4.51. The van der Waals surface area contributed by atoms with Crippen molar-refractivity contribution >= 4 is 0 Å². The Labute approximate surface area is 67.9 Å². The van der Waals surface area contributed by atoms with Gasteiger partial charge in [0.25, 0.3) is 0 Å². The van der Waals surface area contributed by atoms with Gasteiger partial charge in [-0.2, -0.15) is 0 Å². The summed E-state index contributed by atoms with van der Waals surface area (Å²) in [6, 6.07) is 10.4. The molecule has 0 atom stereocenters. The van der Waals surface area contributed by atoms with Crippen LogP contribution in [0.25, 0.3) is 0 Å². The Morgan fingerprint density at radius 3 is 2.55 bits per heavy atom. The fraction of sp³-hybridized carbons (Fsp3) is 0.0909. The van der Waals surface area contributed by atoms with E-state index in [9.17, 15) is 0 Å².